The molecular weight excluding hydrogens is 147 g/mol. The van der Waals surface area contributed by atoms with Gasteiger partial charge in [-0.05, 0) is 13.4 Å². The van der Waals surface area contributed by atoms with Gasteiger partial charge in [0.2, 0.25) is 0 Å². The first-order valence-electron chi connectivity index (χ1n) is 1.71. The summed E-state index contributed by atoms with van der Waals surface area (Å²) in [6.45, 7) is 6.24. The molecule has 0 heterocycles. The number of hydrogen-bond acceptors (Lipinski definition) is 2. The monoisotopic (exact) mass is 150 g/mol. The van der Waals surface area contributed by atoms with Gasteiger partial charge >= 0.3 is 0 Å². The van der Waals surface area contributed by atoms with E-state index in [0.717, 1.165) is 0 Å². The van der Waals surface area contributed by atoms with Crippen molar-refractivity contribution in [3.63, 3.8) is 0 Å². The largest absolute Gasteiger partial charge is 0.249 e. The van der Waals surface area contributed by atoms with E-state index in [1.165, 1.54) is 0 Å². The number of rotatable bonds is 2. The topological polar surface area (TPSA) is 24.7 Å². The zero-order valence-electron chi connectivity index (χ0n) is 4.06. The van der Waals surface area contributed by atoms with Crippen molar-refractivity contribution in [3.8, 4) is 0 Å². The molecule has 0 spiro atoms. The van der Waals surface area contributed by atoms with Crippen LogP contribution in [-0.4, -0.2) is 13.4 Å². The molecule has 4 heteroatoms. The van der Waals surface area contributed by atoms with Crippen molar-refractivity contribution < 1.29 is 0 Å². The van der Waals surface area contributed by atoms with Gasteiger partial charge in [0.25, 0.3) is 0 Å². The van der Waals surface area contributed by atoms with Crippen LogP contribution in [0.5, 0.6) is 0 Å². The van der Waals surface area contributed by atoms with Crippen LogP contribution in [0.25, 0.3) is 0 Å². The summed E-state index contributed by atoms with van der Waals surface area (Å²) in [5.41, 5.74) is 0. The zero-order valence-corrected chi connectivity index (χ0v) is 5.58. The highest BCUT2D eigenvalue weighted by Crippen LogP contribution is 2.13. The zero-order chi connectivity index (χ0) is 6.57. The van der Waals surface area contributed by atoms with Gasteiger partial charge in [-0.25, -0.2) is 9.98 Å². The fourth-order valence-electron chi connectivity index (χ4n) is 0.130. The predicted molar refractivity (Wildman–Crippen MR) is 37.8 cm³/mol. The standard InChI is InChI=1S/C4H4Cl2N2/c1-7-3(5)4(6)8-2/h1-2H2/b4-3-. The summed E-state index contributed by atoms with van der Waals surface area (Å²) >= 11 is 10.6. The SMILES string of the molecule is C=N/C(Cl)=C(/Cl)N=C. The minimum absolute atomic E-state index is 0.0710. The molecule has 0 amide bonds. The Morgan fingerprint density at radius 1 is 1.00 bits per heavy atom. The van der Waals surface area contributed by atoms with Crippen molar-refractivity contribution in [2.75, 3.05) is 0 Å². The number of nitrogens with zero attached hydrogens (tertiary/aromatic N) is 2. The quantitative estimate of drug-likeness (QED) is 0.425. The van der Waals surface area contributed by atoms with Gasteiger partial charge in [0.15, 0.2) is 10.3 Å². The third-order valence-electron chi connectivity index (χ3n) is 0.448. The predicted octanol–water partition coefficient (Wildman–Crippen LogP) is 1.99. The van der Waals surface area contributed by atoms with Crippen LogP contribution in [0.3, 0.4) is 0 Å². The van der Waals surface area contributed by atoms with Crippen LogP contribution in [0.15, 0.2) is 20.3 Å². The van der Waals surface area contributed by atoms with E-state index in [9.17, 15) is 0 Å². The van der Waals surface area contributed by atoms with Crippen LogP contribution in [0.4, 0.5) is 0 Å². The van der Waals surface area contributed by atoms with Crippen molar-refractivity contribution in [3.05, 3.63) is 10.3 Å². The van der Waals surface area contributed by atoms with Crippen molar-refractivity contribution in [2.45, 2.75) is 0 Å². The first-order valence-corrected chi connectivity index (χ1v) is 2.46. The highest BCUT2D eigenvalue weighted by molar-refractivity contribution is 6.39. The molecule has 0 N–H and O–H groups in total. The molecule has 0 saturated carbocycles. The third kappa shape index (κ3) is 2.09. The Kier molecular flexibility index (Phi) is 3.48. The molecule has 0 fully saturated rings. The summed E-state index contributed by atoms with van der Waals surface area (Å²) in [7, 11) is 0. The molecule has 2 nitrogen and oxygen atoms in total. The molecule has 44 valence electrons. The average molecular weight is 151 g/mol. The highest BCUT2D eigenvalue weighted by Gasteiger charge is 1.91. The Balaban J connectivity index is 4.25. The summed E-state index contributed by atoms with van der Waals surface area (Å²) in [6, 6.07) is 0. The first-order chi connectivity index (χ1) is 3.72. The van der Waals surface area contributed by atoms with Crippen molar-refractivity contribution >= 4 is 36.6 Å². The summed E-state index contributed by atoms with van der Waals surface area (Å²) in [5, 5.41) is 0.142. The van der Waals surface area contributed by atoms with Gasteiger partial charge in [-0.1, -0.05) is 23.2 Å². The summed E-state index contributed by atoms with van der Waals surface area (Å²) < 4.78 is 0. The maximum atomic E-state index is 5.30. The Morgan fingerprint density at radius 3 is 1.38 bits per heavy atom. The second-order valence-electron chi connectivity index (χ2n) is 0.898. The molecule has 0 saturated heterocycles. The number of hydrogen-bond donors (Lipinski definition) is 0. The van der Waals surface area contributed by atoms with E-state index in [1.807, 2.05) is 0 Å². The molecular formula is C4H4Cl2N2. The lowest BCUT2D eigenvalue weighted by Crippen LogP contribution is -1.65. The van der Waals surface area contributed by atoms with E-state index in [0.29, 0.717) is 0 Å². The van der Waals surface area contributed by atoms with Gasteiger partial charge in [-0.2, -0.15) is 0 Å². The Hall–Kier alpha value is -0.340. The van der Waals surface area contributed by atoms with Crippen LogP contribution >= 0.6 is 23.2 Å². The molecule has 0 bridgehead atoms. The van der Waals surface area contributed by atoms with Gasteiger partial charge in [0, 0.05) is 0 Å². The summed E-state index contributed by atoms with van der Waals surface area (Å²) in [4.78, 5) is 6.58. The molecule has 0 aliphatic carbocycles. The Morgan fingerprint density at radius 2 is 1.25 bits per heavy atom. The van der Waals surface area contributed by atoms with E-state index in [2.05, 4.69) is 23.4 Å². The van der Waals surface area contributed by atoms with E-state index < -0.39 is 0 Å². The molecule has 0 aliphatic heterocycles. The second kappa shape index (κ2) is 3.64. The maximum Gasteiger partial charge on any atom is 0.165 e. The van der Waals surface area contributed by atoms with Gasteiger partial charge in [0.1, 0.15) is 0 Å². The van der Waals surface area contributed by atoms with Crippen molar-refractivity contribution in [1.82, 2.24) is 0 Å². The Bertz CT molecular complexity index is 123. The van der Waals surface area contributed by atoms with Gasteiger partial charge in [-0.15, -0.1) is 0 Å². The minimum Gasteiger partial charge on any atom is -0.249 e. The normalized spacial score (nSPS) is 12.2. The molecule has 0 aromatic heterocycles. The minimum atomic E-state index is 0.0710. The van der Waals surface area contributed by atoms with Crippen molar-refractivity contribution in [2.24, 2.45) is 9.98 Å². The smallest absolute Gasteiger partial charge is 0.165 e. The lowest BCUT2D eigenvalue weighted by atomic mass is 10.9. The number of aliphatic imine (C=N–C) groups is 2. The lowest BCUT2D eigenvalue weighted by molar-refractivity contribution is 1.42. The summed E-state index contributed by atoms with van der Waals surface area (Å²) in [6.07, 6.45) is 0. The van der Waals surface area contributed by atoms with Crippen molar-refractivity contribution in [1.29, 1.82) is 0 Å². The van der Waals surface area contributed by atoms with E-state index >= 15 is 0 Å². The van der Waals surface area contributed by atoms with E-state index in [1.54, 1.807) is 0 Å². The highest BCUT2D eigenvalue weighted by atomic mass is 35.5. The van der Waals surface area contributed by atoms with Crippen LogP contribution in [0, 0.1) is 0 Å². The molecule has 0 atom stereocenters. The second-order valence-corrected chi connectivity index (χ2v) is 1.61. The van der Waals surface area contributed by atoms with E-state index in [4.69, 9.17) is 23.2 Å². The molecule has 8 heavy (non-hydrogen) atoms. The van der Waals surface area contributed by atoms with Crippen LogP contribution in [0.2, 0.25) is 0 Å². The van der Waals surface area contributed by atoms with E-state index in [-0.39, 0.29) is 10.3 Å². The fraction of sp³-hybridized carbons (Fsp3) is 0. The lowest BCUT2D eigenvalue weighted by Gasteiger charge is -1.85. The molecule has 0 radical (unpaired) electrons. The first kappa shape index (κ1) is 7.66. The number of halogens is 2. The van der Waals surface area contributed by atoms with Crippen LogP contribution in [0.1, 0.15) is 0 Å². The fourth-order valence-corrected chi connectivity index (χ4v) is 0.250. The molecule has 0 unspecified atom stereocenters. The van der Waals surface area contributed by atoms with Gasteiger partial charge in [0.05, 0.1) is 0 Å². The maximum absolute atomic E-state index is 5.30. The molecule has 0 aliphatic rings. The summed E-state index contributed by atoms with van der Waals surface area (Å²) in [5.74, 6) is 0. The van der Waals surface area contributed by atoms with Gasteiger partial charge < -0.3 is 0 Å². The van der Waals surface area contributed by atoms with Gasteiger partial charge in [-0.3, -0.25) is 0 Å². The average Bonchev–Trinajstić information content (AvgIpc) is 1.84. The third-order valence-corrected chi connectivity index (χ3v) is 1.14. The molecule has 0 aromatic carbocycles. The molecule has 0 rings (SSSR count). The Labute approximate surface area is 57.5 Å². The van der Waals surface area contributed by atoms with Crippen LogP contribution < -0.4 is 0 Å². The van der Waals surface area contributed by atoms with Crippen LogP contribution in [-0.2, 0) is 0 Å². The molecule has 0 aromatic rings.